The van der Waals surface area contributed by atoms with Gasteiger partial charge in [0, 0.05) is 25.3 Å². The second-order valence-electron chi connectivity index (χ2n) is 5.56. The summed E-state index contributed by atoms with van der Waals surface area (Å²) in [5, 5.41) is 2.86. The molecule has 0 heterocycles. The number of carbonyl (C=O) groups excluding carboxylic acids is 1. The van der Waals surface area contributed by atoms with Crippen LogP contribution in [-0.4, -0.2) is 32.7 Å². The topological polar surface area (TPSA) is 50.8 Å². The molecule has 0 saturated heterocycles. The minimum Gasteiger partial charge on any atom is -0.493 e. The van der Waals surface area contributed by atoms with E-state index < -0.39 is 0 Å². The summed E-state index contributed by atoms with van der Waals surface area (Å²) in [7, 11) is 1.57. The predicted octanol–water partition coefficient (Wildman–Crippen LogP) is 3.24. The first-order chi connectivity index (χ1) is 12.2. The van der Waals surface area contributed by atoms with E-state index in [-0.39, 0.29) is 12.5 Å². The molecule has 0 fully saturated rings. The van der Waals surface area contributed by atoms with E-state index in [0.29, 0.717) is 18.0 Å². The van der Waals surface area contributed by atoms with Crippen LogP contribution in [0.25, 0.3) is 0 Å². The van der Waals surface area contributed by atoms with Crippen molar-refractivity contribution in [3.05, 3.63) is 54.1 Å². The molecule has 2 aromatic rings. The molecular weight excluding hydrogens is 316 g/mol. The Morgan fingerprint density at radius 1 is 1.00 bits per heavy atom. The number of ether oxygens (including phenoxy) is 2. The first-order valence-corrected chi connectivity index (χ1v) is 8.54. The minimum atomic E-state index is -0.168. The molecule has 2 rings (SSSR count). The largest absolute Gasteiger partial charge is 0.493 e. The number of anilines is 1. The number of methoxy groups -OCH3 is 1. The van der Waals surface area contributed by atoms with Crippen molar-refractivity contribution in [1.29, 1.82) is 0 Å². The Balaban J connectivity index is 1.81. The van der Waals surface area contributed by atoms with Gasteiger partial charge >= 0.3 is 0 Å². The first-order valence-electron chi connectivity index (χ1n) is 8.54. The van der Waals surface area contributed by atoms with Gasteiger partial charge in [-0.25, -0.2) is 0 Å². The minimum absolute atomic E-state index is 0.0437. The zero-order chi connectivity index (χ0) is 18.1. The third kappa shape index (κ3) is 5.41. The fraction of sp³-hybridized carbons (Fsp3) is 0.350. The SMILES string of the molecule is CCN(CC)c1ccc(CNC(=O)COc2ccccc2OC)cc1. The zero-order valence-electron chi connectivity index (χ0n) is 15.1. The van der Waals surface area contributed by atoms with E-state index >= 15 is 0 Å². The van der Waals surface area contributed by atoms with E-state index in [1.807, 2.05) is 24.3 Å². The molecule has 0 atom stereocenters. The third-order valence-electron chi connectivity index (χ3n) is 3.98. The number of hydrogen-bond acceptors (Lipinski definition) is 4. The maximum absolute atomic E-state index is 12.0. The van der Waals surface area contributed by atoms with Gasteiger partial charge in [-0.15, -0.1) is 0 Å². The number of amides is 1. The molecular formula is C20H26N2O3. The molecule has 0 aliphatic rings. The molecule has 0 aromatic heterocycles. The van der Waals surface area contributed by atoms with E-state index in [0.717, 1.165) is 18.7 Å². The van der Waals surface area contributed by atoms with Crippen LogP contribution >= 0.6 is 0 Å². The normalized spacial score (nSPS) is 10.2. The number of carbonyl (C=O) groups is 1. The molecule has 0 saturated carbocycles. The molecule has 0 radical (unpaired) electrons. The molecule has 1 N–H and O–H groups in total. The lowest BCUT2D eigenvalue weighted by atomic mass is 10.2. The molecule has 2 aromatic carbocycles. The molecule has 5 nitrogen and oxygen atoms in total. The molecule has 0 aliphatic carbocycles. The summed E-state index contributed by atoms with van der Waals surface area (Å²) in [5.41, 5.74) is 2.25. The highest BCUT2D eigenvalue weighted by Gasteiger charge is 2.07. The molecule has 0 bridgehead atoms. The van der Waals surface area contributed by atoms with E-state index in [2.05, 4.69) is 36.2 Å². The average Bonchev–Trinajstić information content (AvgIpc) is 2.66. The van der Waals surface area contributed by atoms with Gasteiger partial charge in [0.05, 0.1) is 7.11 Å². The Morgan fingerprint density at radius 3 is 2.24 bits per heavy atom. The summed E-state index contributed by atoms with van der Waals surface area (Å²) in [6.45, 7) is 6.67. The van der Waals surface area contributed by atoms with Crippen molar-refractivity contribution >= 4 is 11.6 Å². The Morgan fingerprint density at radius 2 is 1.64 bits per heavy atom. The van der Waals surface area contributed by atoms with E-state index in [4.69, 9.17) is 9.47 Å². The van der Waals surface area contributed by atoms with Crippen LogP contribution in [0.1, 0.15) is 19.4 Å². The predicted molar refractivity (Wildman–Crippen MR) is 100 cm³/mol. The Labute approximate surface area is 149 Å². The maximum atomic E-state index is 12.0. The van der Waals surface area contributed by atoms with Crippen molar-refractivity contribution in [2.24, 2.45) is 0 Å². The van der Waals surface area contributed by atoms with E-state index in [1.54, 1.807) is 19.2 Å². The molecule has 5 heteroatoms. The van der Waals surface area contributed by atoms with Crippen LogP contribution in [0.5, 0.6) is 11.5 Å². The number of benzene rings is 2. The van der Waals surface area contributed by atoms with Gasteiger partial charge in [0.2, 0.25) is 0 Å². The summed E-state index contributed by atoms with van der Waals surface area (Å²) < 4.78 is 10.7. The van der Waals surface area contributed by atoms with Crippen LogP contribution in [0, 0.1) is 0 Å². The van der Waals surface area contributed by atoms with Crippen LogP contribution in [0.15, 0.2) is 48.5 Å². The summed E-state index contributed by atoms with van der Waals surface area (Å²) in [6.07, 6.45) is 0. The highest BCUT2D eigenvalue weighted by molar-refractivity contribution is 5.77. The fourth-order valence-corrected chi connectivity index (χ4v) is 2.55. The second-order valence-corrected chi connectivity index (χ2v) is 5.56. The monoisotopic (exact) mass is 342 g/mol. The van der Waals surface area contributed by atoms with Crippen molar-refractivity contribution in [2.45, 2.75) is 20.4 Å². The standard InChI is InChI=1S/C20H26N2O3/c1-4-22(5-2)17-12-10-16(11-13-17)14-21-20(23)15-25-19-9-7-6-8-18(19)24-3/h6-13H,4-5,14-15H2,1-3H3,(H,21,23). The van der Waals surface area contributed by atoms with Crippen LogP contribution in [0.2, 0.25) is 0 Å². The van der Waals surface area contributed by atoms with Gasteiger partial charge in [0.1, 0.15) is 0 Å². The highest BCUT2D eigenvalue weighted by Crippen LogP contribution is 2.25. The van der Waals surface area contributed by atoms with Gasteiger partial charge in [-0.2, -0.15) is 0 Å². The lowest BCUT2D eigenvalue weighted by Crippen LogP contribution is -2.28. The molecule has 0 unspecified atom stereocenters. The molecule has 0 spiro atoms. The molecule has 25 heavy (non-hydrogen) atoms. The maximum Gasteiger partial charge on any atom is 0.258 e. The number of nitrogens with zero attached hydrogens (tertiary/aromatic N) is 1. The van der Waals surface area contributed by atoms with E-state index in [1.165, 1.54) is 5.69 Å². The van der Waals surface area contributed by atoms with Crippen molar-refractivity contribution in [1.82, 2.24) is 5.32 Å². The van der Waals surface area contributed by atoms with Gasteiger partial charge in [0.15, 0.2) is 18.1 Å². The number of nitrogens with one attached hydrogen (secondary N) is 1. The molecule has 1 amide bonds. The summed E-state index contributed by atoms with van der Waals surface area (Å²) in [6, 6.07) is 15.5. The summed E-state index contributed by atoms with van der Waals surface area (Å²) in [5.74, 6) is 1.00. The van der Waals surface area contributed by atoms with Crippen LogP contribution < -0.4 is 19.7 Å². The smallest absolute Gasteiger partial charge is 0.258 e. The zero-order valence-corrected chi connectivity index (χ0v) is 15.1. The number of hydrogen-bond donors (Lipinski definition) is 1. The second kappa shape index (κ2) is 9.57. The van der Waals surface area contributed by atoms with Crippen LogP contribution in [0.3, 0.4) is 0 Å². The van der Waals surface area contributed by atoms with E-state index in [9.17, 15) is 4.79 Å². The lowest BCUT2D eigenvalue weighted by Gasteiger charge is -2.21. The quantitative estimate of drug-likeness (QED) is 0.760. The van der Waals surface area contributed by atoms with Crippen molar-refractivity contribution < 1.29 is 14.3 Å². The van der Waals surface area contributed by atoms with Crippen molar-refractivity contribution in [2.75, 3.05) is 31.7 Å². The van der Waals surface area contributed by atoms with Gasteiger partial charge < -0.3 is 19.7 Å². The van der Waals surface area contributed by atoms with Crippen LogP contribution in [0.4, 0.5) is 5.69 Å². The van der Waals surface area contributed by atoms with Gasteiger partial charge in [-0.3, -0.25) is 4.79 Å². The van der Waals surface area contributed by atoms with Gasteiger partial charge in [0.25, 0.3) is 5.91 Å². The van der Waals surface area contributed by atoms with Crippen molar-refractivity contribution in [3.63, 3.8) is 0 Å². The third-order valence-corrected chi connectivity index (χ3v) is 3.98. The summed E-state index contributed by atoms with van der Waals surface area (Å²) in [4.78, 5) is 14.3. The lowest BCUT2D eigenvalue weighted by molar-refractivity contribution is -0.123. The Hall–Kier alpha value is -2.69. The fourth-order valence-electron chi connectivity index (χ4n) is 2.55. The Kier molecular flexibility index (Phi) is 7.14. The van der Waals surface area contributed by atoms with Crippen molar-refractivity contribution in [3.8, 4) is 11.5 Å². The average molecular weight is 342 g/mol. The van der Waals surface area contributed by atoms with Gasteiger partial charge in [-0.1, -0.05) is 24.3 Å². The van der Waals surface area contributed by atoms with Crippen LogP contribution in [-0.2, 0) is 11.3 Å². The summed E-state index contributed by atoms with van der Waals surface area (Å²) >= 11 is 0. The van der Waals surface area contributed by atoms with Gasteiger partial charge in [-0.05, 0) is 43.7 Å². The molecule has 134 valence electrons. The number of para-hydroxylation sites is 2. The number of rotatable bonds is 9. The Bertz CT molecular complexity index is 667. The highest BCUT2D eigenvalue weighted by atomic mass is 16.5. The first kappa shape index (κ1) is 18.6. The molecule has 0 aliphatic heterocycles.